The summed E-state index contributed by atoms with van der Waals surface area (Å²) in [6.07, 6.45) is 1.46. The fraction of sp³-hybridized carbons (Fsp3) is 0.368. The lowest BCUT2D eigenvalue weighted by Crippen LogP contribution is -2.05. The first kappa shape index (κ1) is 15.7. The topological polar surface area (TPSA) is 20.2 Å². The fourth-order valence-electron chi connectivity index (χ4n) is 3.10. The minimum Gasteiger partial charge on any atom is -0.389 e. The third-order valence-electron chi connectivity index (χ3n) is 3.96. The van der Waals surface area contributed by atoms with Gasteiger partial charge in [-0.2, -0.15) is 0 Å². The minimum atomic E-state index is -0.541. The quantitative estimate of drug-likeness (QED) is 0.827. The first-order valence-electron chi connectivity index (χ1n) is 7.52. The van der Waals surface area contributed by atoms with Crippen LogP contribution in [0, 0.1) is 19.7 Å². The summed E-state index contributed by atoms with van der Waals surface area (Å²) in [7, 11) is 0. The molecule has 2 aromatic carbocycles. The van der Waals surface area contributed by atoms with Crippen molar-refractivity contribution in [2.75, 3.05) is 0 Å². The zero-order valence-corrected chi connectivity index (χ0v) is 13.2. The molecule has 0 aliphatic carbocycles. The van der Waals surface area contributed by atoms with E-state index in [2.05, 4.69) is 19.9 Å². The van der Waals surface area contributed by atoms with Crippen LogP contribution in [0.25, 0.3) is 11.1 Å². The van der Waals surface area contributed by atoms with Crippen molar-refractivity contribution >= 4 is 0 Å². The molecule has 0 fully saturated rings. The van der Waals surface area contributed by atoms with Crippen LogP contribution in [0.5, 0.6) is 0 Å². The average molecular weight is 286 g/mol. The smallest absolute Gasteiger partial charge is 0.123 e. The number of aliphatic hydroxyl groups excluding tert-OH is 1. The van der Waals surface area contributed by atoms with Crippen LogP contribution in [-0.4, -0.2) is 5.11 Å². The van der Waals surface area contributed by atoms with E-state index < -0.39 is 6.10 Å². The van der Waals surface area contributed by atoms with Crippen molar-refractivity contribution in [3.63, 3.8) is 0 Å². The molecule has 21 heavy (non-hydrogen) atoms. The summed E-state index contributed by atoms with van der Waals surface area (Å²) in [5.74, 6) is -0.237. The van der Waals surface area contributed by atoms with Crippen LogP contribution in [-0.2, 0) is 6.42 Å². The molecule has 1 atom stereocenters. The summed E-state index contributed by atoms with van der Waals surface area (Å²) in [5.41, 5.74) is 6.58. The number of hydrogen-bond acceptors (Lipinski definition) is 1. The highest BCUT2D eigenvalue weighted by Crippen LogP contribution is 2.36. The highest BCUT2D eigenvalue weighted by Gasteiger charge is 2.18. The molecule has 1 nitrogen and oxygen atoms in total. The van der Waals surface area contributed by atoms with Gasteiger partial charge in [0.1, 0.15) is 5.82 Å². The van der Waals surface area contributed by atoms with Gasteiger partial charge in [0.2, 0.25) is 0 Å². The van der Waals surface area contributed by atoms with Crippen molar-refractivity contribution in [1.29, 1.82) is 0 Å². The zero-order chi connectivity index (χ0) is 15.6. The lowest BCUT2D eigenvalue weighted by Gasteiger charge is -2.22. The fourth-order valence-corrected chi connectivity index (χ4v) is 3.10. The van der Waals surface area contributed by atoms with Gasteiger partial charge in [-0.05, 0) is 72.7 Å². The Morgan fingerprint density at radius 3 is 2.24 bits per heavy atom. The zero-order valence-electron chi connectivity index (χ0n) is 13.2. The maximum atomic E-state index is 13.2. The van der Waals surface area contributed by atoms with E-state index in [4.69, 9.17) is 0 Å². The molecule has 112 valence electrons. The summed E-state index contributed by atoms with van der Waals surface area (Å²) >= 11 is 0. The first-order valence-corrected chi connectivity index (χ1v) is 7.52. The molecule has 0 bridgehead atoms. The molecule has 2 heteroatoms. The second-order valence-corrected chi connectivity index (χ2v) is 5.71. The Labute approximate surface area is 126 Å². The molecular weight excluding hydrogens is 263 g/mol. The summed E-state index contributed by atoms with van der Waals surface area (Å²) in [6.45, 7) is 8.07. The number of hydrogen-bond donors (Lipinski definition) is 1. The molecule has 0 saturated carbocycles. The molecule has 0 aliphatic rings. The highest BCUT2D eigenvalue weighted by atomic mass is 19.1. The molecular formula is C19H23FO. The van der Waals surface area contributed by atoms with Crippen LogP contribution >= 0.6 is 0 Å². The van der Waals surface area contributed by atoms with Gasteiger partial charge in [-0.1, -0.05) is 31.5 Å². The maximum Gasteiger partial charge on any atom is 0.123 e. The summed E-state index contributed by atoms with van der Waals surface area (Å²) in [6, 6.07) is 8.70. The van der Waals surface area contributed by atoms with E-state index in [1.807, 2.05) is 6.92 Å². The van der Waals surface area contributed by atoms with Crippen molar-refractivity contribution in [2.24, 2.45) is 0 Å². The summed E-state index contributed by atoms with van der Waals surface area (Å²) in [5, 5.41) is 10.2. The van der Waals surface area contributed by atoms with E-state index in [0.29, 0.717) is 0 Å². The molecule has 0 aliphatic heterocycles. The van der Waals surface area contributed by atoms with Gasteiger partial charge >= 0.3 is 0 Å². The van der Waals surface area contributed by atoms with Crippen LogP contribution in [0.4, 0.5) is 4.39 Å². The molecule has 2 aromatic rings. The second kappa shape index (κ2) is 6.40. The third kappa shape index (κ3) is 3.16. The monoisotopic (exact) mass is 286 g/mol. The van der Waals surface area contributed by atoms with E-state index in [0.717, 1.165) is 35.1 Å². The Bertz CT molecular complexity index is 627. The predicted molar refractivity (Wildman–Crippen MR) is 85.9 cm³/mol. The molecule has 0 spiro atoms. The van der Waals surface area contributed by atoms with Crippen LogP contribution < -0.4 is 0 Å². The van der Waals surface area contributed by atoms with E-state index in [9.17, 15) is 9.50 Å². The van der Waals surface area contributed by atoms with E-state index in [1.54, 1.807) is 19.1 Å². The van der Waals surface area contributed by atoms with Gasteiger partial charge < -0.3 is 5.11 Å². The van der Waals surface area contributed by atoms with Gasteiger partial charge in [-0.3, -0.25) is 0 Å². The summed E-state index contributed by atoms with van der Waals surface area (Å²) in [4.78, 5) is 0. The lowest BCUT2D eigenvalue weighted by atomic mass is 9.84. The van der Waals surface area contributed by atoms with Crippen molar-refractivity contribution in [2.45, 2.75) is 46.6 Å². The number of halogens is 1. The Morgan fingerprint density at radius 2 is 1.71 bits per heavy atom. The lowest BCUT2D eigenvalue weighted by molar-refractivity contribution is 0.199. The average Bonchev–Trinajstić information content (AvgIpc) is 2.42. The number of benzene rings is 2. The van der Waals surface area contributed by atoms with Crippen LogP contribution in [0.1, 0.15) is 48.6 Å². The largest absolute Gasteiger partial charge is 0.389 e. The van der Waals surface area contributed by atoms with E-state index in [-0.39, 0.29) is 5.82 Å². The maximum absolute atomic E-state index is 13.2. The first-order chi connectivity index (χ1) is 9.95. The second-order valence-electron chi connectivity index (χ2n) is 5.71. The Morgan fingerprint density at radius 1 is 1.10 bits per heavy atom. The van der Waals surface area contributed by atoms with Crippen LogP contribution in [0.15, 0.2) is 30.3 Å². The third-order valence-corrected chi connectivity index (χ3v) is 3.96. The minimum absolute atomic E-state index is 0.237. The Hall–Kier alpha value is -1.67. The van der Waals surface area contributed by atoms with Crippen LogP contribution in [0.3, 0.4) is 0 Å². The standard InChI is InChI=1S/C19H23FO/c1-5-6-17-12(2)11-13(3)18(14(4)21)19(17)15-7-9-16(20)10-8-15/h7-11,14,21H,5-6H2,1-4H3. The summed E-state index contributed by atoms with van der Waals surface area (Å²) < 4.78 is 13.2. The van der Waals surface area contributed by atoms with Gasteiger partial charge in [-0.25, -0.2) is 4.39 Å². The van der Waals surface area contributed by atoms with Gasteiger partial charge in [0.15, 0.2) is 0 Å². The number of rotatable bonds is 4. The molecule has 0 radical (unpaired) electrons. The molecule has 0 amide bonds. The van der Waals surface area contributed by atoms with Gasteiger partial charge in [-0.15, -0.1) is 0 Å². The Kier molecular flexibility index (Phi) is 4.79. The Balaban J connectivity index is 2.77. The molecule has 1 N–H and O–H groups in total. The van der Waals surface area contributed by atoms with Crippen molar-refractivity contribution < 1.29 is 9.50 Å². The number of aliphatic hydroxyl groups is 1. The normalized spacial score (nSPS) is 12.5. The van der Waals surface area contributed by atoms with Crippen molar-refractivity contribution in [1.82, 2.24) is 0 Å². The van der Waals surface area contributed by atoms with Crippen molar-refractivity contribution in [3.05, 3.63) is 58.4 Å². The van der Waals surface area contributed by atoms with E-state index in [1.165, 1.54) is 23.3 Å². The van der Waals surface area contributed by atoms with E-state index >= 15 is 0 Å². The SMILES string of the molecule is CCCc1c(C)cc(C)c(C(C)O)c1-c1ccc(F)cc1. The van der Waals surface area contributed by atoms with Gasteiger partial charge in [0, 0.05) is 0 Å². The molecule has 1 unspecified atom stereocenters. The highest BCUT2D eigenvalue weighted by molar-refractivity contribution is 5.74. The van der Waals surface area contributed by atoms with Gasteiger partial charge in [0.05, 0.1) is 6.10 Å². The van der Waals surface area contributed by atoms with Crippen molar-refractivity contribution in [3.8, 4) is 11.1 Å². The molecule has 0 heterocycles. The number of aryl methyl sites for hydroxylation is 2. The predicted octanol–water partition coefficient (Wildman–Crippen LogP) is 5.12. The molecule has 0 aromatic heterocycles. The molecule has 0 saturated heterocycles. The van der Waals surface area contributed by atoms with Gasteiger partial charge in [0.25, 0.3) is 0 Å². The molecule has 2 rings (SSSR count). The van der Waals surface area contributed by atoms with Crippen LogP contribution in [0.2, 0.25) is 0 Å².